The highest BCUT2D eigenvalue weighted by Gasteiger charge is 2.31. The molecule has 0 saturated carbocycles. The van der Waals surface area contributed by atoms with Crippen molar-refractivity contribution in [3.05, 3.63) is 0 Å². The van der Waals surface area contributed by atoms with Crippen LogP contribution in [0.15, 0.2) is 0 Å². The van der Waals surface area contributed by atoms with Crippen LogP contribution in [-0.2, 0) is 24.0 Å². The molecule has 0 radical (unpaired) electrons. The number of carbonyl (C=O) groups is 5. The molecular formula is C18H33N5O7S. The van der Waals surface area contributed by atoms with Crippen LogP contribution < -0.4 is 27.4 Å². The number of nitrogens with one attached hydrogen (secondary N) is 3. The molecule has 9 N–H and O–H groups in total. The Morgan fingerprint density at radius 2 is 1.52 bits per heavy atom. The van der Waals surface area contributed by atoms with Crippen LogP contribution >= 0.6 is 11.8 Å². The predicted octanol–water partition coefficient (Wildman–Crippen LogP) is -2.48. The number of hydrogen-bond donors (Lipinski definition) is 7. The van der Waals surface area contributed by atoms with Gasteiger partial charge >= 0.3 is 5.97 Å². The number of aliphatic hydroxyl groups excluding tert-OH is 1. The van der Waals surface area contributed by atoms with Gasteiger partial charge in [-0.1, -0.05) is 13.8 Å². The van der Waals surface area contributed by atoms with Crippen molar-refractivity contribution in [3.8, 4) is 0 Å². The van der Waals surface area contributed by atoms with E-state index in [-0.39, 0.29) is 19.3 Å². The molecule has 13 heteroatoms. The van der Waals surface area contributed by atoms with Crippen molar-refractivity contribution in [2.45, 2.75) is 57.3 Å². The minimum atomic E-state index is -1.28. The zero-order valence-electron chi connectivity index (χ0n) is 17.9. The third kappa shape index (κ3) is 11.0. The van der Waals surface area contributed by atoms with E-state index in [1.807, 2.05) is 0 Å². The van der Waals surface area contributed by atoms with Crippen molar-refractivity contribution in [2.75, 3.05) is 18.6 Å². The fourth-order valence-corrected chi connectivity index (χ4v) is 2.93. The van der Waals surface area contributed by atoms with Crippen molar-refractivity contribution in [1.82, 2.24) is 16.0 Å². The zero-order valence-corrected chi connectivity index (χ0v) is 18.7. The van der Waals surface area contributed by atoms with Gasteiger partial charge in [-0.2, -0.15) is 11.8 Å². The lowest BCUT2D eigenvalue weighted by molar-refractivity contribution is -0.142. The summed E-state index contributed by atoms with van der Waals surface area (Å²) in [7, 11) is 0. The van der Waals surface area contributed by atoms with Crippen LogP contribution in [0.1, 0.15) is 33.1 Å². The number of thioether (sulfide) groups is 1. The van der Waals surface area contributed by atoms with E-state index in [4.69, 9.17) is 16.6 Å². The second kappa shape index (κ2) is 14.6. The molecule has 4 atom stereocenters. The molecule has 0 fully saturated rings. The Hall–Kier alpha value is -2.38. The third-order valence-corrected chi connectivity index (χ3v) is 4.96. The third-order valence-electron chi connectivity index (χ3n) is 4.32. The van der Waals surface area contributed by atoms with Gasteiger partial charge in [-0.05, 0) is 30.8 Å². The summed E-state index contributed by atoms with van der Waals surface area (Å²) >= 11 is 1.43. The number of carboxylic acids is 1. The van der Waals surface area contributed by atoms with E-state index >= 15 is 0 Å². The topological polar surface area (TPSA) is 214 Å². The maximum absolute atomic E-state index is 12.7. The summed E-state index contributed by atoms with van der Waals surface area (Å²) in [5.41, 5.74) is 10.5. The maximum Gasteiger partial charge on any atom is 0.326 e. The van der Waals surface area contributed by atoms with Gasteiger partial charge in [-0.3, -0.25) is 19.2 Å². The summed E-state index contributed by atoms with van der Waals surface area (Å²) in [4.78, 5) is 59.9. The van der Waals surface area contributed by atoms with Gasteiger partial charge in [0.2, 0.25) is 23.6 Å². The molecule has 0 aromatic rings. The number of aliphatic carboxylic acids is 1. The molecule has 0 spiro atoms. The summed E-state index contributed by atoms with van der Waals surface area (Å²) in [5.74, 6) is -4.07. The quantitative estimate of drug-likeness (QED) is 0.137. The Morgan fingerprint density at radius 1 is 0.935 bits per heavy atom. The Bertz CT molecular complexity index is 647. The first kappa shape index (κ1) is 28.6. The smallest absolute Gasteiger partial charge is 0.326 e. The molecule has 0 aromatic heterocycles. The molecule has 31 heavy (non-hydrogen) atoms. The number of carbonyl (C=O) groups excluding carboxylic acids is 4. The van der Waals surface area contributed by atoms with E-state index in [1.165, 1.54) is 11.8 Å². The van der Waals surface area contributed by atoms with E-state index in [9.17, 15) is 29.1 Å². The molecular weight excluding hydrogens is 430 g/mol. The highest BCUT2D eigenvalue weighted by molar-refractivity contribution is 7.98. The van der Waals surface area contributed by atoms with Crippen molar-refractivity contribution in [3.63, 3.8) is 0 Å². The Labute approximate surface area is 185 Å². The van der Waals surface area contributed by atoms with Crippen molar-refractivity contribution >= 4 is 41.4 Å². The summed E-state index contributed by atoms with van der Waals surface area (Å²) in [5, 5.41) is 25.5. The number of amides is 4. The minimum Gasteiger partial charge on any atom is -0.480 e. The second-order valence-electron chi connectivity index (χ2n) is 7.27. The van der Waals surface area contributed by atoms with Gasteiger partial charge in [0.1, 0.15) is 24.2 Å². The summed E-state index contributed by atoms with van der Waals surface area (Å²) < 4.78 is 0. The second-order valence-corrected chi connectivity index (χ2v) is 8.25. The van der Waals surface area contributed by atoms with Crippen LogP contribution in [0.25, 0.3) is 0 Å². The van der Waals surface area contributed by atoms with Crippen LogP contribution in [0.5, 0.6) is 0 Å². The molecule has 178 valence electrons. The first-order valence-corrected chi connectivity index (χ1v) is 11.1. The maximum atomic E-state index is 12.7. The monoisotopic (exact) mass is 463 g/mol. The number of carboxylic acid groups (broad SMARTS) is 1. The molecule has 0 aliphatic carbocycles. The van der Waals surface area contributed by atoms with Crippen molar-refractivity contribution < 1.29 is 34.2 Å². The number of hydrogen-bond acceptors (Lipinski definition) is 8. The Morgan fingerprint density at radius 3 is 1.97 bits per heavy atom. The molecule has 0 heterocycles. The lowest BCUT2D eigenvalue weighted by atomic mass is 10.0. The van der Waals surface area contributed by atoms with Crippen molar-refractivity contribution in [2.24, 2.45) is 17.4 Å². The summed E-state index contributed by atoms with van der Waals surface area (Å²) in [6, 6.07) is -4.73. The van der Waals surface area contributed by atoms with Crippen LogP contribution in [0, 0.1) is 5.92 Å². The highest BCUT2D eigenvalue weighted by atomic mass is 32.2. The standard InChI is InChI=1S/C18H33N5O7S/c1-9(2)14(17(28)22-12(18(29)30)6-7-31-3)23-16(27)11(4-5-13(20)25)21-15(26)10(19)8-24/h9-12,14,24H,4-8,19H2,1-3H3,(H2,20,25)(H,21,26)(H,22,28)(H,23,27)(H,29,30). The highest BCUT2D eigenvalue weighted by Crippen LogP contribution is 2.07. The normalized spacial score (nSPS) is 14.8. The largest absolute Gasteiger partial charge is 0.480 e. The fourth-order valence-electron chi connectivity index (χ4n) is 2.46. The van der Waals surface area contributed by atoms with Crippen LogP contribution in [0.4, 0.5) is 0 Å². The molecule has 4 unspecified atom stereocenters. The van der Waals surface area contributed by atoms with E-state index in [1.54, 1.807) is 20.1 Å². The van der Waals surface area contributed by atoms with E-state index in [0.717, 1.165) is 0 Å². The van der Waals surface area contributed by atoms with Gasteiger partial charge in [0.15, 0.2) is 0 Å². The van der Waals surface area contributed by atoms with Crippen molar-refractivity contribution in [1.29, 1.82) is 0 Å². The molecule has 0 aliphatic heterocycles. The summed E-state index contributed by atoms with van der Waals surface area (Å²) in [6.45, 7) is 2.65. The minimum absolute atomic E-state index is 0.150. The predicted molar refractivity (Wildman–Crippen MR) is 115 cm³/mol. The van der Waals surface area contributed by atoms with Gasteiger partial charge < -0.3 is 37.6 Å². The number of aliphatic hydroxyl groups is 1. The lowest BCUT2D eigenvalue weighted by Crippen LogP contribution is -2.58. The van der Waals surface area contributed by atoms with Gasteiger partial charge in [-0.15, -0.1) is 0 Å². The van der Waals surface area contributed by atoms with Gasteiger partial charge in [0.25, 0.3) is 0 Å². The Kier molecular flexibility index (Phi) is 13.5. The molecule has 0 saturated heterocycles. The average molecular weight is 464 g/mol. The first-order chi connectivity index (χ1) is 14.4. The molecule has 12 nitrogen and oxygen atoms in total. The number of rotatable bonds is 15. The average Bonchev–Trinajstić information content (AvgIpc) is 2.70. The number of nitrogens with two attached hydrogens (primary N) is 2. The number of primary amides is 1. The zero-order chi connectivity index (χ0) is 24.1. The fraction of sp³-hybridized carbons (Fsp3) is 0.722. The molecule has 0 rings (SSSR count). The van der Waals surface area contributed by atoms with E-state index < -0.39 is 66.3 Å². The van der Waals surface area contributed by atoms with E-state index in [2.05, 4.69) is 16.0 Å². The molecule has 0 bridgehead atoms. The van der Waals surface area contributed by atoms with Gasteiger partial charge in [0, 0.05) is 6.42 Å². The van der Waals surface area contributed by atoms with Gasteiger partial charge in [0.05, 0.1) is 6.61 Å². The van der Waals surface area contributed by atoms with Crippen LogP contribution in [0.2, 0.25) is 0 Å². The SMILES string of the molecule is CSCCC(NC(=O)C(NC(=O)C(CCC(N)=O)NC(=O)C(N)CO)C(C)C)C(=O)O. The van der Waals surface area contributed by atoms with Gasteiger partial charge in [-0.25, -0.2) is 4.79 Å². The van der Waals surface area contributed by atoms with Crippen LogP contribution in [0.3, 0.4) is 0 Å². The Balaban J connectivity index is 5.38. The lowest BCUT2D eigenvalue weighted by Gasteiger charge is -2.27. The molecule has 0 aromatic carbocycles. The van der Waals surface area contributed by atoms with E-state index in [0.29, 0.717) is 5.75 Å². The summed E-state index contributed by atoms with van der Waals surface area (Å²) in [6.07, 6.45) is 1.64. The molecule has 0 aliphatic rings. The van der Waals surface area contributed by atoms with Crippen LogP contribution in [-0.4, -0.2) is 82.6 Å². The molecule has 4 amide bonds. The first-order valence-electron chi connectivity index (χ1n) is 9.72.